The van der Waals surface area contributed by atoms with E-state index in [4.69, 9.17) is 0 Å². The molecule has 0 fully saturated rings. The minimum Gasteiger partial charge on any atom is -0.348 e. The first-order valence-electron chi connectivity index (χ1n) is 7.28. The van der Waals surface area contributed by atoms with Gasteiger partial charge in [-0.25, -0.2) is 0 Å². The van der Waals surface area contributed by atoms with E-state index in [-0.39, 0.29) is 0 Å². The lowest BCUT2D eigenvalue weighted by molar-refractivity contribution is 0.594. The molecule has 0 unspecified atom stereocenters. The molecule has 0 spiro atoms. The van der Waals surface area contributed by atoms with Crippen LogP contribution < -0.4 is 5.32 Å². The van der Waals surface area contributed by atoms with Crippen LogP contribution in [-0.4, -0.2) is 20.9 Å². The first-order valence-corrected chi connectivity index (χ1v) is 8.08. The lowest BCUT2D eigenvalue weighted by atomic mass is 10.3. The van der Waals surface area contributed by atoms with Gasteiger partial charge in [-0.15, -0.1) is 0 Å². The third-order valence-corrected chi connectivity index (χ3v) is 4.33. The minimum absolute atomic E-state index is 0.855. The summed E-state index contributed by atoms with van der Waals surface area (Å²) in [6.07, 6.45) is 5.30. The van der Waals surface area contributed by atoms with Crippen molar-refractivity contribution in [3.63, 3.8) is 0 Å². The molecule has 0 saturated heterocycles. The number of nitrogens with one attached hydrogen (secondary N) is 1. The first kappa shape index (κ1) is 15.3. The highest BCUT2D eigenvalue weighted by Gasteiger charge is 2.14. The zero-order valence-electron chi connectivity index (χ0n) is 12.5. The third-order valence-electron chi connectivity index (χ3n) is 3.42. The second-order valence-electron chi connectivity index (χ2n) is 4.85. The highest BCUT2D eigenvalue weighted by Crippen LogP contribution is 2.23. The molecule has 0 aliphatic carbocycles. The molecule has 20 heavy (non-hydrogen) atoms. The summed E-state index contributed by atoms with van der Waals surface area (Å²) in [4.78, 5) is 0. The fraction of sp³-hybridized carbons (Fsp3) is 0.533. The van der Waals surface area contributed by atoms with Gasteiger partial charge in [-0.1, -0.05) is 13.8 Å². The van der Waals surface area contributed by atoms with E-state index >= 15 is 0 Å². The van der Waals surface area contributed by atoms with Crippen LogP contribution in [0.2, 0.25) is 0 Å². The van der Waals surface area contributed by atoms with Crippen LogP contribution in [0.25, 0.3) is 0 Å². The van der Waals surface area contributed by atoms with E-state index in [1.807, 2.05) is 0 Å². The smallest absolute Gasteiger partial charge is 0.0767 e. The zero-order chi connectivity index (χ0) is 14.5. The van der Waals surface area contributed by atoms with Gasteiger partial charge in [0.25, 0.3) is 0 Å². The zero-order valence-corrected chi connectivity index (χ0v) is 14.1. The summed E-state index contributed by atoms with van der Waals surface area (Å²) in [7, 11) is 0. The Kier molecular flexibility index (Phi) is 5.43. The number of hydrogen-bond donors (Lipinski definition) is 1. The highest BCUT2D eigenvalue weighted by molar-refractivity contribution is 9.10. The molecule has 0 bridgehead atoms. The molecular weight excluding hydrogens is 316 g/mol. The Bertz CT molecular complexity index is 556. The number of rotatable bonds is 7. The Hall–Kier alpha value is -1.07. The molecule has 1 N–H and O–H groups in total. The van der Waals surface area contributed by atoms with Gasteiger partial charge in [-0.3, -0.25) is 4.68 Å². The predicted molar refractivity (Wildman–Crippen MR) is 85.9 cm³/mol. The average molecular weight is 339 g/mol. The van der Waals surface area contributed by atoms with Crippen LogP contribution in [0, 0.1) is 0 Å². The van der Waals surface area contributed by atoms with Gasteiger partial charge in [-0.05, 0) is 47.4 Å². The SMILES string of the molecule is CCNCc1ccn(Cc2c(Br)c(CC)nn2CC)c1. The van der Waals surface area contributed by atoms with Gasteiger partial charge < -0.3 is 9.88 Å². The molecule has 0 aliphatic heterocycles. The molecule has 4 nitrogen and oxygen atoms in total. The number of hydrogen-bond acceptors (Lipinski definition) is 2. The van der Waals surface area contributed by atoms with Gasteiger partial charge in [0.1, 0.15) is 0 Å². The Balaban J connectivity index is 2.16. The number of aromatic nitrogens is 3. The molecule has 0 aliphatic rings. The van der Waals surface area contributed by atoms with E-state index < -0.39 is 0 Å². The van der Waals surface area contributed by atoms with Crippen LogP contribution in [0.3, 0.4) is 0 Å². The third kappa shape index (κ3) is 3.33. The Labute approximate surface area is 129 Å². The summed E-state index contributed by atoms with van der Waals surface area (Å²) >= 11 is 3.70. The van der Waals surface area contributed by atoms with Gasteiger partial charge >= 0.3 is 0 Å². The van der Waals surface area contributed by atoms with Crippen molar-refractivity contribution < 1.29 is 0 Å². The Morgan fingerprint density at radius 1 is 1.30 bits per heavy atom. The van der Waals surface area contributed by atoms with E-state index in [1.165, 1.54) is 11.3 Å². The van der Waals surface area contributed by atoms with Gasteiger partial charge in [0, 0.05) is 25.5 Å². The maximum absolute atomic E-state index is 4.64. The van der Waals surface area contributed by atoms with Crippen molar-refractivity contribution in [1.29, 1.82) is 0 Å². The number of nitrogens with zero attached hydrogens (tertiary/aromatic N) is 3. The lowest BCUT2D eigenvalue weighted by Crippen LogP contribution is -2.11. The quantitative estimate of drug-likeness (QED) is 0.841. The Morgan fingerprint density at radius 2 is 2.10 bits per heavy atom. The summed E-state index contributed by atoms with van der Waals surface area (Å²) in [6.45, 7) is 10.1. The molecule has 0 aromatic carbocycles. The van der Waals surface area contributed by atoms with Crippen LogP contribution in [-0.2, 0) is 26.1 Å². The molecule has 110 valence electrons. The molecule has 2 aromatic heterocycles. The lowest BCUT2D eigenvalue weighted by Gasteiger charge is -2.07. The summed E-state index contributed by atoms with van der Waals surface area (Å²) in [6, 6.07) is 2.17. The van der Waals surface area contributed by atoms with Crippen molar-refractivity contribution in [2.45, 2.75) is 46.8 Å². The molecule has 2 rings (SSSR count). The fourth-order valence-corrected chi connectivity index (χ4v) is 2.99. The van der Waals surface area contributed by atoms with E-state index in [0.717, 1.165) is 42.8 Å². The van der Waals surface area contributed by atoms with E-state index in [9.17, 15) is 0 Å². The van der Waals surface area contributed by atoms with E-state index in [1.54, 1.807) is 0 Å². The molecule has 2 heterocycles. The monoisotopic (exact) mass is 338 g/mol. The van der Waals surface area contributed by atoms with Crippen molar-refractivity contribution in [1.82, 2.24) is 19.7 Å². The van der Waals surface area contributed by atoms with Crippen molar-refractivity contribution >= 4 is 15.9 Å². The predicted octanol–water partition coefficient (Wildman–Crippen LogP) is 3.19. The van der Waals surface area contributed by atoms with Crippen LogP contribution >= 0.6 is 15.9 Å². The molecule has 5 heteroatoms. The van der Waals surface area contributed by atoms with E-state index in [0.29, 0.717) is 0 Å². The van der Waals surface area contributed by atoms with E-state index in [2.05, 4.69) is 74.8 Å². The second-order valence-corrected chi connectivity index (χ2v) is 5.64. The van der Waals surface area contributed by atoms with Gasteiger partial charge in [0.15, 0.2) is 0 Å². The van der Waals surface area contributed by atoms with Crippen molar-refractivity contribution in [2.24, 2.45) is 0 Å². The van der Waals surface area contributed by atoms with Crippen molar-refractivity contribution in [3.05, 3.63) is 39.9 Å². The topological polar surface area (TPSA) is 34.8 Å². The second kappa shape index (κ2) is 7.09. The maximum Gasteiger partial charge on any atom is 0.0767 e. The summed E-state index contributed by atoms with van der Waals surface area (Å²) in [5, 5.41) is 7.99. The summed E-state index contributed by atoms with van der Waals surface area (Å²) in [5.41, 5.74) is 3.71. The van der Waals surface area contributed by atoms with Crippen LogP contribution in [0.4, 0.5) is 0 Å². The van der Waals surface area contributed by atoms with Gasteiger partial charge in [0.2, 0.25) is 0 Å². The van der Waals surface area contributed by atoms with Crippen molar-refractivity contribution in [3.8, 4) is 0 Å². The largest absolute Gasteiger partial charge is 0.348 e. The molecule has 0 radical (unpaired) electrons. The number of aryl methyl sites for hydroxylation is 2. The highest BCUT2D eigenvalue weighted by atomic mass is 79.9. The molecule has 0 atom stereocenters. The normalized spacial score (nSPS) is 11.2. The minimum atomic E-state index is 0.855. The Morgan fingerprint density at radius 3 is 2.75 bits per heavy atom. The molecule has 0 saturated carbocycles. The maximum atomic E-state index is 4.64. The molecule has 0 amide bonds. The van der Waals surface area contributed by atoms with Crippen LogP contribution in [0.15, 0.2) is 22.9 Å². The van der Waals surface area contributed by atoms with Crippen LogP contribution in [0.1, 0.15) is 37.7 Å². The summed E-state index contributed by atoms with van der Waals surface area (Å²) in [5.74, 6) is 0. The van der Waals surface area contributed by atoms with Gasteiger partial charge in [0.05, 0.1) is 22.4 Å². The van der Waals surface area contributed by atoms with Gasteiger partial charge in [-0.2, -0.15) is 5.10 Å². The van der Waals surface area contributed by atoms with Crippen LogP contribution in [0.5, 0.6) is 0 Å². The summed E-state index contributed by atoms with van der Waals surface area (Å²) < 4.78 is 5.47. The first-order chi connectivity index (χ1) is 9.69. The van der Waals surface area contributed by atoms with Crippen molar-refractivity contribution in [2.75, 3.05) is 6.54 Å². The molecular formula is C15H23BrN4. The number of halogens is 1. The standard InChI is InChI=1S/C15H23BrN4/c1-4-13-15(16)14(20(6-3)18-13)11-19-8-7-12(10-19)9-17-5-2/h7-8,10,17H,4-6,9,11H2,1-3H3. The average Bonchev–Trinajstić information content (AvgIpc) is 3.03. The fourth-order valence-electron chi connectivity index (χ4n) is 2.30. The molecule has 2 aromatic rings.